The van der Waals surface area contributed by atoms with Gasteiger partial charge in [-0.3, -0.25) is 9.59 Å². The fourth-order valence-corrected chi connectivity index (χ4v) is 8.93. The maximum Gasteiger partial charge on any atom is 0.419 e. The van der Waals surface area contributed by atoms with Crippen LogP contribution in [0.2, 0.25) is 5.15 Å². The molecule has 2 fully saturated rings. The highest BCUT2D eigenvalue weighted by Crippen LogP contribution is 2.41. The maximum absolute atomic E-state index is 13.9. The smallest absolute Gasteiger partial charge is 0.419 e. The number of aromatic nitrogens is 2. The van der Waals surface area contributed by atoms with Crippen molar-refractivity contribution in [1.29, 1.82) is 0 Å². The van der Waals surface area contributed by atoms with E-state index >= 15 is 0 Å². The molecule has 0 aliphatic carbocycles. The Hall–Kier alpha value is -7.69. The Bertz CT molecular complexity index is 3050. The minimum atomic E-state index is -4.65. The summed E-state index contributed by atoms with van der Waals surface area (Å²) in [6.45, 7) is 7.03. The van der Waals surface area contributed by atoms with Gasteiger partial charge in [-0.05, 0) is 53.6 Å². The van der Waals surface area contributed by atoms with Crippen LogP contribution in [0.25, 0.3) is 0 Å². The first-order valence-electron chi connectivity index (χ1n) is 23.5. The van der Waals surface area contributed by atoms with Gasteiger partial charge in [0.25, 0.3) is 11.8 Å². The molecule has 0 spiro atoms. The van der Waals surface area contributed by atoms with Gasteiger partial charge in [-0.25, -0.2) is 9.97 Å². The molecular weight excluding hydrogens is 1010 g/mol. The number of morpholine rings is 2. The number of hydrogen-bond donors (Lipinski definition) is 4. The van der Waals surface area contributed by atoms with E-state index in [1.165, 1.54) is 23.0 Å². The van der Waals surface area contributed by atoms with Crippen LogP contribution in [0.15, 0.2) is 97.3 Å². The molecule has 396 valence electrons. The van der Waals surface area contributed by atoms with Gasteiger partial charge in [-0.2, -0.15) is 26.3 Å². The number of pyridine rings is 2. The zero-order valence-electron chi connectivity index (χ0n) is 41.2. The minimum Gasteiger partial charge on any atom is -0.495 e. The van der Waals surface area contributed by atoms with Gasteiger partial charge in [0.2, 0.25) is 0 Å². The predicted octanol–water partition coefficient (Wildman–Crippen LogP) is 10.2. The number of nitrogens with two attached hydrogens (primary N) is 1. The Kier molecular flexibility index (Phi) is 16.3. The number of rotatable bonds is 10. The number of nitrogens with zero attached hydrogens (tertiary/aromatic N) is 6. The third kappa shape index (κ3) is 12.5. The summed E-state index contributed by atoms with van der Waals surface area (Å²) in [5.74, 6) is 0.957. The van der Waals surface area contributed by atoms with Crippen LogP contribution < -0.4 is 41.0 Å². The molecule has 2 saturated heterocycles. The number of anilines is 9. The van der Waals surface area contributed by atoms with Crippen LogP contribution in [0.1, 0.15) is 43.0 Å². The largest absolute Gasteiger partial charge is 0.495 e. The van der Waals surface area contributed by atoms with E-state index in [0.29, 0.717) is 72.1 Å². The van der Waals surface area contributed by atoms with E-state index in [1.54, 1.807) is 63.7 Å². The molecule has 23 heteroatoms. The molecule has 2 amide bonds. The van der Waals surface area contributed by atoms with Crippen LogP contribution in [0.5, 0.6) is 11.5 Å². The summed E-state index contributed by atoms with van der Waals surface area (Å²) in [6.07, 6.45) is -7.79. The van der Waals surface area contributed by atoms with Gasteiger partial charge in [-0.1, -0.05) is 35.9 Å². The van der Waals surface area contributed by atoms with Crippen molar-refractivity contribution in [1.82, 2.24) is 19.8 Å². The second-order valence-corrected chi connectivity index (χ2v) is 17.9. The summed E-state index contributed by atoms with van der Waals surface area (Å²) in [6, 6.07) is 23.9. The monoisotopic (exact) mass is 1060 g/mol. The van der Waals surface area contributed by atoms with Gasteiger partial charge in [0.1, 0.15) is 22.5 Å². The van der Waals surface area contributed by atoms with Crippen LogP contribution in [-0.4, -0.2) is 113 Å². The minimum absolute atomic E-state index is 0.0727. The Morgan fingerprint density at radius 1 is 0.587 bits per heavy atom. The van der Waals surface area contributed by atoms with E-state index in [2.05, 4.69) is 35.7 Å². The lowest BCUT2D eigenvalue weighted by atomic mass is 10.1. The number of methoxy groups -OCH3 is 2. The molecule has 16 nitrogen and oxygen atoms in total. The van der Waals surface area contributed by atoms with E-state index in [-0.39, 0.29) is 34.2 Å². The van der Waals surface area contributed by atoms with Crippen molar-refractivity contribution < 1.29 is 54.9 Å². The summed E-state index contributed by atoms with van der Waals surface area (Å²) in [4.78, 5) is 39.7. The fraction of sp³-hybridized carbons (Fsp3) is 0.308. The highest BCUT2D eigenvalue weighted by Gasteiger charge is 2.37. The normalized spacial score (nSPS) is 15.3. The quantitative estimate of drug-likeness (QED) is 0.0580. The Morgan fingerprint density at radius 3 is 1.55 bits per heavy atom. The van der Waals surface area contributed by atoms with Gasteiger partial charge in [0.15, 0.2) is 0 Å². The fourth-order valence-electron chi connectivity index (χ4n) is 8.77. The molecule has 0 saturated carbocycles. The van der Waals surface area contributed by atoms with E-state index in [0.717, 1.165) is 79.9 Å². The summed E-state index contributed by atoms with van der Waals surface area (Å²) in [5.41, 5.74) is 9.61. The number of carbonyl (C=O) groups is 2. The zero-order chi connectivity index (χ0) is 53.6. The van der Waals surface area contributed by atoms with Gasteiger partial charge >= 0.3 is 12.4 Å². The predicted molar refractivity (Wildman–Crippen MR) is 274 cm³/mol. The molecule has 0 radical (unpaired) electrons. The molecule has 4 aromatic carbocycles. The molecule has 6 aromatic rings. The van der Waals surface area contributed by atoms with Crippen LogP contribution in [0.3, 0.4) is 0 Å². The lowest BCUT2D eigenvalue weighted by Gasteiger charge is -2.29. The summed E-state index contributed by atoms with van der Waals surface area (Å²) in [5, 5.41) is 8.51. The number of hydrogen-bond acceptors (Lipinski definition) is 14. The van der Waals surface area contributed by atoms with E-state index in [1.807, 2.05) is 30.3 Å². The molecule has 4 aliphatic heterocycles. The lowest BCUT2D eigenvalue weighted by molar-refractivity contribution is -0.138. The number of halogens is 7. The first kappa shape index (κ1) is 53.6. The summed E-state index contributed by atoms with van der Waals surface area (Å²) in [7, 11) is 6.45. The number of carbonyl (C=O) groups excluding carboxylic acids is 2. The number of fused-ring (bicyclic) bond motifs is 2. The van der Waals surface area contributed by atoms with Crippen LogP contribution in [-0.2, 0) is 34.9 Å². The first-order chi connectivity index (χ1) is 35.8. The van der Waals surface area contributed by atoms with E-state index in [4.69, 9.17) is 36.3 Å². The maximum atomic E-state index is 13.9. The summed E-state index contributed by atoms with van der Waals surface area (Å²) >= 11 is 5.71. The topological polar surface area (TPSA) is 172 Å². The van der Waals surface area contributed by atoms with Crippen molar-refractivity contribution in [2.45, 2.75) is 25.4 Å². The number of benzene rings is 4. The Balaban J connectivity index is 0.000000166. The third-order valence-corrected chi connectivity index (χ3v) is 12.8. The standard InChI is InChI=1S/C26H26F3N5O3.C15H11ClF3N3O.C11H16N2O2/c1-33-15-16-4-3-5-20(24(16)25(33)35)31-21-13-23(30-14-18(21)26(27,28)29)32-19-7-6-17(12-22(19)36-2)34-8-10-37-11-9-34;1-22-7-8-3-2-4-10(13(8)14(22)23)21-11-5-12(16)20-6-9(11)15(17,18)19;1-14-11-8-9(2-3-10(11)12)13-4-6-15-7-5-13/h3-7,12-14H,8-11,15H2,1-2H3,(H2,30,31,32);2-6H,7H2,1H3,(H,20,21);2-3,8H,4-7,12H2,1H3. The van der Waals surface area contributed by atoms with Crippen molar-refractivity contribution in [3.05, 3.63) is 136 Å². The number of nitrogen functional groups attached to an aromatic ring is 1. The Labute approximate surface area is 433 Å². The third-order valence-electron chi connectivity index (χ3n) is 12.6. The highest BCUT2D eigenvalue weighted by molar-refractivity contribution is 6.29. The second-order valence-electron chi connectivity index (χ2n) is 17.5. The van der Waals surface area contributed by atoms with Crippen molar-refractivity contribution in [3.8, 4) is 11.5 Å². The average Bonchev–Trinajstić information content (AvgIpc) is 3.86. The first-order valence-corrected chi connectivity index (χ1v) is 23.8. The number of amides is 2. The molecular formula is C52H53ClF6N10O6. The molecule has 2 aromatic heterocycles. The van der Waals surface area contributed by atoms with Gasteiger partial charge in [0.05, 0.1) is 97.0 Å². The molecule has 0 atom stereocenters. The second kappa shape index (κ2) is 22.8. The van der Waals surface area contributed by atoms with E-state index < -0.39 is 23.5 Å². The van der Waals surface area contributed by atoms with Gasteiger partial charge in [0, 0.05) is 95.3 Å². The van der Waals surface area contributed by atoms with Crippen LogP contribution in [0.4, 0.5) is 77.7 Å². The number of alkyl halides is 6. The van der Waals surface area contributed by atoms with Crippen molar-refractivity contribution in [2.75, 3.05) is 112 Å². The molecule has 6 heterocycles. The number of ether oxygens (including phenoxy) is 4. The highest BCUT2D eigenvalue weighted by atomic mass is 35.5. The van der Waals surface area contributed by atoms with Gasteiger partial charge < -0.3 is 60.2 Å². The van der Waals surface area contributed by atoms with Crippen molar-refractivity contribution in [3.63, 3.8) is 0 Å². The average molecular weight is 1060 g/mol. The molecule has 5 N–H and O–H groups in total. The Morgan fingerprint density at radius 2 is 1.05 bits per heavy atom. The lowest BCUT2D eigenvalue weighted by Crippen LogP contribution is -2.36. The van der Waals surface area contributed by atoms with Crippen LogP contribution >= 0.6 is 11.6 Å². The van der Waals surface area contributed by atoms with Crippen molar-refractivity contribution >= 4 is 74.7 Å². The molecule has 10 rings (SSSR count). The number of nitrogens with one attached hydrogen (secondary N) is 3. The van der Waals surface area contributed by atoms with Crippen LogP contribution in [0, 0.1) is 0 Å². The molecule has 0 bridgehead atoms. The zero-order valence-corrected chi connectivity index (χ0v) is 41.9. The SMILES string of the molecule is CN1Cc2cccc(Nc3cc(Cl)ncc3C(F)(F)F)c2C1=O.COc1cc(N2CCOCC2)ccc1N.COc1cc(N2CCOCC2)ccc1Nc1cc(Nc2cccc3c2C(=O)N(C)C3)c(C(F)(F)F)cn1. The molecule has 4 aliphatic rings. The van der Waals surface area contributed by atoms with Crippen molar-refractivity contribution in [2.24, 2.45) is 0 Å². The molecule has 0 unspecified atom stereocenters. The van der Waals surface area contributed by atoms with Gasteiger partial charge in [-0.15, -0.1) is 0 Å². The summed E-state index contributed by atoms with van der Waals surface area (Å²) < 4.78 is 102. The van der Waals surface area contributed by atoms with E-state index in [9.17, 15) is 35.9 Å². The molecule has 75 heavy (non-hydrogen) atoms.